The van der Waals surface area contributed by atoms with Gasteiger partial charge in [0.15, 0.2) is 0 Å². The molecule has 1 aliphatic rings. The van der Waals surface area contributed by atoms with Crippen molar-refractivity contribution < 1.29 is 17.2 Å². The molecule has 0 spiro atoms. The van der Waals surface area contributed by atoms with Crippen LogP contribution in [0.5, 0.6) is 0 Å². The van der Waals surface area contributed by atoms with Gasteiger partial charge in [0.25, 0.3) is 10.2 Å². The van der Waals surface area contributed by atoms with Gasteiger partial charge in [-0.2, -0.15) is 17.4 Å². The molecule has 1 heterocycles. The molecule has 1 aromatic rings. The quantitative estimate of drug-likeness (QED) is 0.794. The number of benzene rings is 1. The van der Waals surface area contributed by atoms with E-state index in [1.807, 2.05) is 0 Å². The van der Waals surface area contributed by atoms with Gasteiger partial charge >= 0.3 is 0 Å². The molecule has 0 atom stereocenters. The normalized spacial score (nSPS) is 16.4. The van der Waals surface area contributed by atoms with Gasteiger partial charge in [-0.05, 0) is 6.07 Å². The van der Waals surface area contributed by atoms with E-state index >= 15 is 0 Å². The van der Waals surface area contributed by atoms with Gasteiger partial charge in [-0.1, -0.05) is 6.07 Å². The summed E-state index contributed by atoms with van der Waals surface area (Å²) in [6.07, 6.45) is 0. The van der Waals surface area contributed by atoms with Crippen LogP contribution in [0.4, 0.5) is 8.78 Å². The van der Waals surface area contributed by atoms with Gasteiger partial charge in [-0.3, -0.25) is 0 Å². The predicted molar refractivity (Wildman–Crippen MR) is 53.7 cm³/mol. The number of nitrogens with one attached hydrogen (secondary N) is 1. The second-order valence-electron chi connectivity index (χ2n) is 3.46. The highest BCUT2D eigenvalue weighted by Gasteiger charge is 2.31. The fraction of sp³-hybridized carbons (Fsp3) is 0.333. The predicted octanol–water partition coefficient (Wildman–Crippen LogP) is 0.615. The fourth-order valence-corrected chi connectivity index (χ4v) is 2.29. The van der Waals surface area contributed by atoms with Crippen molar-refractivity contribution in [2.24, 2.45) is 0 Å². The van der Waals surface area contributed by atoms with Crippen molar-refractivity contribution >= 4 is 10.2 Å². The maximum Gasteiger partial charge on any atom is 0.279 e. The highest BCUT2D eigenvalue weighted by atomic mass is 32.2. The van der Waals surface area contributed by atoms with E-state index < -0.39 is 21.8 Å². The van der Waals surface area contributed by atoms with Gasteiger partial charge in [0.2, 0.25) is 0 Å². The second kappa shape index (κ2) is 4.08. The standard InChI is InChI=1S/C9H10F2N2O2S/c10-8-2-1-7(9(11)5-8)6-12-16(14,15)13-3-4-13/h1-2,5,12H,3-4,6H2. The molecule has 1 aromatic carbocycles. The van der Waals surface area contributed by atoms with Crippen molar-refractivity contribution in [3.8, 4) is 0 Å². The first-order chi connectivity index (χ1) is 7.49. The fourth-order valence-electron chi connectivity index (χ4n) is 1.21. The molecule has 0 radical (unpaired) electrons. The van der Waals surface area contributed by atoms with Crippen molar-refractivity contribution in [2.75, 3.05) is 13.1 Å². The molecule has 0 saturated carbocycles. The average molecular weight is 248 g/mol. The molecule has 1 fully saturated rings. The van der Waals surface area contributed by atoms with Crippen molar-refractivity contribution in [3.63, 3.8) is 0 Å². The van der Waals surface area contributed by atoms with E-state index in [2.05, 4.69) is 4.72 Å². The van der Waals surface area contributed by atoms with Crippen LogP contribution in [-0.2, 0) is 16.8 Å². The van der Waals surface area contributed by atoms with Crippen LogP contribution in [0.1, 0.15) is 5.56 Å². The Balaban J connectivity index is 2.04. The Morgan fingerprint density at radius 2 is 2.00 bits per heavy atom. The van der Waals surface area contributed by atoms with E-state index in [1.54, 1.807) is 0 Å². The summed E-state index contributed by atoms with van der Waals surface area (Å²) in [5.41, 5.74) is 0.117. The molecule has 0 bridgehead atoms. The molecule has 1 aliphatic heterocycles. The third-order valence-corrected chi connectivity index (χ3v) is 3.76. The zero-order chi connectivity index (χ0) is 11.8. The van der Waals surface area contributed by atoms with Gasteiger partial charge in [-0.25, -0.2) is 8.78 Å². The number of nitrogens with zero attached hydrogens (tertiary/aromatic N) is 1. The van der Waals surface area contributed by atoms with Crippen LogP contribution in [0.15, 0.2) is 18.2 Å². The Morgan fingerprint density at radius 1 is 1.31 bits per heavy atom. The lowest BCUT2D eigenvalue weighted by atomic mass is 10.2. The largest absolute Gasteiger partial charge is 0.279 e. The van der Waals surface area contributed by atoms with Crippen LogP contribution in [0.2, 0.25) is 0 Å². The smallest absolute Gasteiger partial charge is 0.207 e. The second-order valence-corrected chi connectivity index (χ2v) is 5.22. The topological polar surface area (TPSA) is 49.2 Å². The van der Waals surface area contributed by atoms with E-state index in [0.29, 0.717) is 13.1 Å². The molecule has 0 aromatic heterocycles. The van der Waals surface area contributed by atoms with Crippen LogP contribution in [0, 0.1) is 11.6 Å². The average Bonchev–Trinajstić information content (AvgIpc) is 2.99. The highest BCUT2D eigenvalue weighted by Crippen LogP contribution is 2.12. The summed E-state index contributed by atoms with van der Waals surface area (Å²) >= 11 is 0. The zero-order valence-corrected chi connectivity index (χ0v) is 9.10. The first kappa shape index (κ1) is 11.4. The van der Waals surface area contributed by atoms with Crippen molar-refractivity contribution in [3.05, 3.63) is 35.4 Å². The molecule has 4 nitrogen and oxygen atoms in total. The minimum Gasteiger partial charge on any atom is -0.207 e. The van der Waals surface area contributed by atoms with Gasteiger partial charge in [0.1, 0.15) is 11.6 Å². The highest BCUT2D eigenvalue weighted by molar-refractivity contribution is 7.87. The molecular formula is C9H10F2N2O2S. The molecule has 0 amide bonds. The minimum absolute atomic E-state index is 0.117. The maximum absolute atomic E-state index is 13.2. The van der Waals surface area contributed by atoms with Gasteiger partial charge in [0, 0.05) is 31.3 Å². The number of hydrogen-bond donors (Lipinski definition) is 1. The maximum atomic E-state index is 13.2. The Labute approximate surface area is 92.1 Å². The Morgan fingerprint density at radius 3 is 2.56 bits per heavy atom. The van der Waals surface area contributed by atoms with Crippen molar-refractivity contribution in [1.29, 1.82) is 0 Å². The van der Waals surface area contributed by atoms with Crippen molar-refractivity contribution in [2.45, 2.75) is 6.54 Å². The van der Waals surface area contributed by atoms with E-state index in [1.165, 1.54) is 10.4 Å². The van der Waals surface area contributed by atoms with Gasteiger partial charge in [-0.15, -0.1) is 0 Å². The van der Waals surface area contributed by atoms with E-state index in [-0.39, 0.29) is 12.1 Å². The lowest BCUT2D eigenvalue weighted by molar-refractivity contribution is 0.540. The summed E-state index contributed by atoms with van der Waals surface area (Å²) in [6, 6.07) is 3.03. The molecule has 0 unspecified atom stereocenters. The lowest BCUT2D eigenvalue weighted by Crippen LogP contribution is -2.29. The number of halogens is 2. The monoisotopic (exact) mass is 248 g/mol. The van der Waals surface area contributed by atoms with Crippen LogP contribution in [-0.4, -0.2) is 25.8 Å². The van der Waals surface area contributed by atoms with E-state index in [4.69, 9.17) is 0 Å². The molecule has 88 valence electrons. The van der Waals surface area contributed by atoms with Crippen molar-refractivity contribution in [1.82, 2.24) is 9.03 Å². The summed E-state index contributed by atoms with van der Waals surface area (Å²) in [4.78, 5) is 0. The van der Waals surface area contributed by atoms with Crippen LogP contribution >= 0.6 is 0 Å². The Hall–Kier alpha value is -1.05. The summed E-state index contributed by atoms with van der Waals surface area (Å²) in [7, 11) is -3.49. The lowest BCUT2D eigenvalue weighted by Gasteiger charge is -2.07. The number of hydrogen-bond acceptors (Lipinski definition) is 2. The van der Waals surface area contributed by atoms with Gasteiger partial charge < -0.3 is 0 Å². The molecule has 1 N–H and O–H groups in total. The molecule has 7 heteroatoms. The van der Waals surface area contributed by atoms with Crippen LogP contribution < -0.4 is 4.72 Å². The van der Waals surface area contributed by atoms with E-state index in [9.17, 15) is 17.2 Å². The molecule has 16 heavy (non-hydrogen) atoms. The minimum atomic E-state index is -3.49. The Bertz CT molecular complexity index is 500. The summed E-state index contributed by atoms with van der Waals surface area (Å²) in [5, 5.41) is 0. The molecule has 0 aliphatic carbocycles. The molecular weight excluding hydrogens is 238 g/mol. The third-order valence-electron chi connectivity index (χ3n) is 2.21. The summed E-state index contributed by atoms with van der Waals surface area (Å²) < 4.78 is 51.9. The zero-order valence-electron chi connectivity index (χ0n) is 8.28. The Kier molecular flexibility index (Phi) is 2.92. The number of rotatable bonds is 4. The first-order valence-electron chi connectivity index (χ1n) is 4.68. The SMILES string of the molecule is O=S(=O)(NCc1ccc(F)cc1F)N1CC1. The van der Waals surface area contributed by atoms with Crippen LogP contribution in [0.3, 0.4) is 0 Å². The molecule has 1 saturated heterocycles. The van der Waals surface area contributed by atoms with Crippen LogP contribution in [0.25, 0.3) is 0 Å². The van der Waals surface area contributed by atoms with E-state index in [0.717, 1.165) is 12.1 Å². The summed E-state index contributed by atoms with van der Waals surface area (Å²) in [6.45, 7) is 0.799. The van der Waals surface area contributed by atoms with Gasteiger partial charge in [0.05, 0.1) is 0 Å². The first-order valence-corrected chi connectivity index (χ1v) is 6.12. The summed E-state index contributed by atoms with van der Waals surface area (Å²) in [5.74, 6) is -1.44. The molecule has 2 rings (SSSR count). The third kappa shape index (κ3) is 2.55.